The van der Waals surface area contributed by atoms with E-state index in [1.165, 1.54) is 22.3 Å². The van der Waals surface area contributed by atoms with Gasteiger partial charge in [0, 0.05) is 0 Å². The molecule has 90 valence electrons. The molecule has 0 amide bonds. The molecule has 1 aliphatic heterocycles. The molecule has 1 heterocycles. The molecular formula is C16H14O2. The van der Waals surface area contributed by atoms with Crippen LogP contribution in [0.2, 0.25) is 0 Å². The van der Waals surface area contributed by atoms with Gasteiger partial charge in [0.2, 0.25) is 0 Å². The zero-order chi connectivity index (χ0) is 11.9. The van der Waals surface area contributed by atoms with Crippen molar-refractivity contribution < 1.29 is 9.47 Å². The van der Waals surface area contributed by atoms with Crippen LogP contribution >= 0.6 is 0 Å². The second-order valence-corrected chi connectivity index (χ2v) is 4.84. The summed E-state index contributed by atoms with van der Waals surface area (Å²) in [4.78, 5) is 0. The summed E-state index contributed by atoms with van der Waals surface area (Å²) in [6.45, 7) is 1.53. The van der Waals surface area contributed by atoms with Crippen LogP contribution < -0.4 is 0 Å². The fraction of sp³-hybridized carbons (Fsp3) is 0.250. The number of fused-ring (bicyclic) bond motifs is 3. The summed E-state index contributed by atoms with van der Waals surface area (Å²) in [6, 6.07) is 17.0. The van der Waals surface area contributed by atoms with Crippen LogP contribution in [0.3, 0.4) is 0 Å². The van der Waals surface area contributed by atoms with Crippen molar-refractivity contribution in [2.75, 3.05) is 13.2 Å². The summed E-state index contributed by atoms with van der Waals surface area (Å²) in [5.41, 5.74) is 5.16. The zero-order valence-electron chi connectivity index (χ0n) is 10.0. The van der Waals surface area contributed by atoms with Crippen LogP contribution in [0.25, 0.3) is 11.1 Å². The molecule has 0 saturated carbocycles. The molecule has 0 N–H and O–H groups in total. The Bertz CT molecular complexity index is 542. The van der Waals surface area contributed by atoms with Gasteiger partial charge >= 0.3 is 0 Å². The summed E-state index contributed by atoms with van der Waals surface area (Å²) < 4.78 is 11.3. The first-order chi connectivity index (χ1) is 8.93. The second-order valence-electron chi connectivity index (χ2n) is 4.84. The van der Waals surface area contributed by atoms with Crippen LogP contribution in [0.1, 0.15) is 17.2 Å². The Balaban J connectivity index is 1.76. The Labute approximate surface area is 106 Å². The highest BCUT2D eigenvalue weighted by atomic mass is 16.6. The molecule has 0 aromatic heterocycles. The maximum atomic E-state index is 6.05. The van der Waals surface area contributed by atoms with E-state index >= 15 is 0 Å². The molecule has 2 aromatic carbocycles. The molecule has 0 bridgehead atoms. The van der Waals surface area contributed by atoms with Gasteiger partial charge in [-0.2, -0.15) is 0 Å². The first kappa shape index (κ1) is 10.3. The molecule has 2 heteroatoms. The molecule has 1 fully saturated rings. The van der Waals surface area contributed by atoms with Crippen molar-refractivity contribution in [2.45, 2.75) is 12.2 Å². The predicted octanol–water partition coefficient (Wildman–Crippen LogP) is 3.17. The van der Waals surface area contributed by atoms with E-state index in [1.807, 2.05) is 0 Å². The summed E-state index contributed by atoms with van der Waals surface area (Å²) >= 11 is 0. The number of ether oxygens (including phenoxy) is 2. The van der Waals surface area contributed by atoms with Crippen LogP contribution in [0.5, 0.6) is 0 Å². The zero-order valence-corrected chi connectivity index (χ0v) is 10.0. The number of benzene rings is 2. The Morgan fingerprint density at radius 3 is 2.06 bits per heavy atom. The minimum absolute atomic E-state index is 0.0709. The average Bonchev–Trinajstić information content (AvgIpc) is 3.20. The number of epoxide rings is 1. The Morgan fingerprint density at radius 1 is 0.944 bits per heavy atom. The highest BCUT2D eigenvalue weighted by Crippen LogP contribution is 2.45. The van der Waals surface area contributed by atoms with Crippen LogP contribution in [-0.4, -0.2) is 19.3 Å². The van der Waals surface area contributed by atoms with Gasteiger partial charge in [-0.05, 0) is 22.3 Å². The average molecular weight is 238 g/mol. The lowest BCUT2D eigenvalue weighted by Crippen LogP contribution is -2.08. The molecule has 0 spiro atoms. The highest BCUT2D eigenvalue weighted by molar-refractivity contribution is 5.77. The normalized spacial score (nSPS) is 20.6. The fourth-order valence-electron chi connectivity index (χ4n) is 2.66. The third kappa shape index (κ3) is 1.57. The van der Waals surface area contributed by atoms with E-state index in [1.54, 1.807) is 0 Å². The van der Waals surface area contributed by atoms with E-state index < -0.39 is 0 Å². The van der Waals surface area contributed by atoms with Crippen molar-refractivity contribution in [2.24, 2.45) is 0 Å². The topological polar surface area (TPSA) is 21.8 Å². The smallest absolute Gasteiger partial charge is 0.109 e. The molecule has 2 aliphatic rings. The molecule has 1 saturated heterocycles. The molecule has 2 aromatic rings. The minimum Gasteiger partial charge on any atom is -0.371 e. The van der Waals surface area contributed by atoms with Crippen molar-refractivity contribution in [1.82, 2.24) is 0 Å². The van der Waals surface area contributed by atoms with Crippen molar-refractivity contribution in [3.63, 3.8) is 0 Å². The maximum Gasteiger partial charge on any atom is 0.109 e. The number of rotatable bonds is 3. The summed E-state index contributed by atoms with van der Waals surface area (Å²) in [7, 11) is 0. The second kappa shape index (κ2) is 3.94. The molecule has 1 atom stereocenters. The Hall–Kier alpha value is -1.64. The van der Waals surface area contributed by atoms with Crippen LogP contribution in [0, 0.1) is 0 Å². The van der Waals surface area contributed by atoms with Gasteiger partial charge < -0.3 is 9.47 Å². The van der Waals surface area contributed by atoms with E-state index in [0.29, 0.717) is 12.7 Å². The molecule has 2 nitrogen and oxygen atoms in total. The van der Waals surface area contributed by atoms with Crippen molar-refractivity contribution in [1.29, 1.82) is 0 Å². The van der Waals surface area contributed by atoms with E-state index in [2.05, 4.69) is 48.5 Å². The summed E-state index contributed by atoms with van der Waals surface area (Å²) in [5, 5.41) is 0. The van der Waals surface area contributed by atoms with Gasteiger partial charge in [0.1, 0.15) is 12.2 Å². The quantitative estimate of drug-likeness (QED) is 0.766. The van der Waals surface area contributed by atoms with E-state index in [0.717, 1.165) is 6.61 Å². The molecule has 0 unspecified atom stereocenters. The van der Waals surface area contributed by atoms with Gasteiger partial charge in [0.05, 0.1) is 13.2 Å². The molecule has 0 radical (unpaired) electrons. The van der Waals surface area contributed by atoms with Gasteiger partial charge in [-0.3, -0.25) is 0 Å². The molecule has 18 heavy (non-hydrogen) atoms. The fourth-order valence-corrected chi connectivity index (χ4v) is 2.66. The Morgan fingerprint density at radius 2 is 1.50 bits per heavy atom. The number of hydrogen-bond acceptors (Lipinski definition) is 2. The SMILES string of the molecule is c1ccc2c(c1)-c1ccccc1C2OC[C@@H]1CO1. The lowest BCUT2D eigenvalue weighted by molar-refractivity contribution is 0.0698. The first-order valence-corrected chi connectivity index (χ1v) is 6.35. The Kier molecular flexibility index (Phi) is 2.25. The van der Waals surface area contributed by atoms with Crippen molar-refractivity contribution in [3.05, 3.63) is 59.7 Å². The highest BCUT2D eigenvalue weighted by Gasteiger charge is 2.31. The van der Waals surface area contributed by atoms with Gasteiger partial charge in [-0.1, -0.05) is 48.5 Å². The molecule has 4 rings (SSSR count). The van der Waals surface area contributed by atoms with Crippen molar-refractivity contribution in [3.8, 4) is 11.1 Å². The van der Waals surface area contributed by atoms with Gasteiger partial charge in [-0.15, -0.1) is 0 Å². The summed E-state index contributed by atoms with van der Waals surface area (Å²) in [6.07, 6.45) is 0.381. The maximum absolute atomic E-state index is 6.05. The van der Waals surface area contributed by atoms with Crippen LogP contribution in [-0.2, 0) is 9.47 Å². The van der Waals surface area contributed by atoms with Gasteiger partial charge in [0.25, 0.3) is 0 Å². The van der Waals surface area contributed by atoms with E-state index in [-0.39, 0.29) is 6.10 Å². The van der Waals surface area contributed by atoms with Gasteiger partial charge in [-0.25, -0.2) is 0 Å². The lowest BCUT2D eigenvalue weighted by atomic mass is 10.1. The van der Waals surface area contributed by atoms with E-state index in [9.17, 15) is 0 Å². The van der Waals surface area contributed by atoms with Crippen LogP contribution in [0.15, 0.2) is 48.5 Å². The van der Waals surface area contributed by atoms with Crippen LogP contribution in [0.4, 0.5) is 0 Å². The third-order valence-electron chi connectivity index (χ3n) is 3.63. The number of hydrogen-bond donors (Lipinski definition) is 0. The largest absolute Gasteiger partial charge is 0.371 e. The third-order valence-corrected chi connectivity index (χ3v) is 3.63. The first-order valence-electron chi connectivity index (χ1n) is 6.35. The predicted molar refractivity (Wildman–Crippen MR) is 69.4 cm³/mol. The molecular weight excluding hydrogens is 224 g/mol. The van der Waals surface area contributed by atoms with Gasteiger partial charge in [0.15, 0.2) is 0 Å². The minimum atomic E-state index is 0.0709. The standard InChI is InChI=1S/C16H14O2/c1-3-7-14-12(5-1)13-6-2-4-8-15(13)16(14)18-10-11-9-17-11/h1-8,11,16H,9-10H2/t11-/m0/s1. The van der Waals surface area contributed by atoms with E-state index in [4.69, 9.17) is 9.47 Å². The lowest BCUT2D eigenvalue weighted by Gasteiger charge is -2.13. The monoisotopic (exact) mass is 238 g/mol. The molecule has 1 aliphatic carbocycles. The van der Waals surface area contributed by atoms with Crippen molar-refractivity contribution >= 4 is 0 Å². The summed E-state index contributed by atoms with van der Waals surface area (Å²) in [5.74, 6) is 0.